The second kappa shape index (κ2) is 6.76. The summed E-state index contributed by atoms with van der Waals surface area (Å²) < 4.78 is 0. The van der Waals surface area contributed by atoms with Gasteiger partial charge in [0.15, 0.2) is 0 Å². The number of piperazine rings is 1. The maximum absolute atomic E-state index is 4.05. The van der Waals surface area contributed by atoms with Gasteiger partial charge in [-0.05, 0) is 39.5 Å². The third kappa shape index (κ3) is 4.22. The van der Waals surface area contributed by atoms with E-state index in [1.165, 1.54) is 64.4 Å². The van der Waals surface area contributed by atoms with E-state index < -0.39 is 0 Å². The van der Waals surface area contributed by atoms with Crippen molar-refractivity contribution in [2.75, 3.05) is 45.8 Å². The lowest BCUT2D eigenvalue weighted by Gasteiger charge is -2.40. The van der Waals surface area contributed by atoms with Crippen LogP contribution in [0.3, 0.4) is 0 Å². The van der Waals surface area contributed by atoms with Gasteiger partial charge in [0.2, 0.25) is 0 Å². The van der Waals surface area contributed by atoms with E-state index >= 15 is 0 Å². The van der Waals surface area contributed by atoms with Crippen molar-refractivity contribution >= 4 is 0 Å². The molecule has 0 bridgehead atoms. The highest BCUT2D eigenvalue weighted by Gasteiger charge is 2.24. The van der Waals surface area contributed by atoms with Crippen molar-refractivity contribution in [1.29, 1.82) is 0 Å². The fourth-order valence-electron chi connectivity index (χ4n) is 3.32. The van der Waals surface area contributed by atoms with Gasteiger partial charge in [-0.3, -0.25) is 4.90 Å². The fourth-order valence-corrected chi connectivity index (χ4v) is 3.32. The third-order valence-corrected chi connectivity index (χ3v) is 4.81. The zero-order valence-corrected chi connectivity index (χ0v) is 13.1. The Bertz CT molecular complexity index is 284. The summed E-state index contributed by atoms with van der Waals surface area (Å²) in [4.78, 5) is 7.72. The molecule has 2 rings (SSSR count). The first-order valence-corrected chi connectivity index (χ1v) is 7.93. The Morgan fingerprint density at radius 2 is 1.63 bits per heavy atom. The average molecular weight is 265 g/mol. The predicted molar refractivity (Wildman–Crippen MR) is 82.3 cm³/mol. The molecule has 0 amide bonds. The van der Waals surface area contributed by atoms with Gasteiger partial charge >= 0.3 is 0 Å². The Kier molecular flexibility index (Phi) is 5.28. The van der Waals surface area contributed by atoms with Crippen LogP contribution in [0.1, 0.15) is 33.6 Å². The van der Waals surface area contributed by atoms with Crippen molar-refractivity contribution in [2.45, 2.75) is 39.7 Å². The SMILES string of the molecule is C=C(C)N1CCC(CN2CCN(C(C)C)CC2)CC1. The van der Waals surface area contributed by atoms with Gasteiger partial charge in [-0.15, -0.1) is 0 Å². The van der Waals surface area contributed by atoms with Crippen LogP contribution in [0, 0.1) is 5.92 Å². The summed E-state index contributed by atoms with van der Waals surface area (Å²) in [5.74, 6) is 0.904. The molecule has 0 saturated carbocycles. The van der Waals surface area contributed by atoms with Gasteiger partial charge in [0.05, 0.1) is 0 Å². The minimum Gasteiger partial charge on any atom is -0.376 e. The molecule has 3 nitrogen and oxygen atoms in total. The molecular weight excluding hydrogens is 234 g/mol. The molecule has 0 aromatic carbocycles. The van der Waals surface area contributed by atoms with E-state index in [1.807, 2.05) is 0 Å². The molecule has 2 aliphatic rings. The zero-order valence-electron chi connectivity index (χ0n) is 13.1. The van der Waals surface area contributed by atoms with Crippen LogP contribution in [0.5, 0.6) is 0 Å². The van der Waals surface area contributed by atoms with Crippen LogP contribution in [0.2, 0.25) is 0 Å². The number of piperidine rings is 1. The molecule has 2 heterocycles. The maximum Gasteiger partial charge on any atom is 0.0177 e. The molecule has 19 heavy (non-hydrogen) atoms. The quantitative estimate of drug-likeness (QED) is 0.772. The average Bonchev–Trinajstić information content (AvgIpc) is 2.40. The lowest BCUT2D eigenvalue weighted by Crippen LogP contribution is -2.50. The molecule has 0 spiro atoms. The summed E-state index contributed by atoms with van der Waals surface area (Å²) in [6.07, 6.45) is 2.69. The van der Waals surface area contributed by atoms with E-state index in [9.17, 15) is 0 Å². The Morgan fingerprint density at radius 3 is 2.11 bits per heavy atom. The normalized spacial score (nSPS) is 24.1. The molecule has 0 aliphatic carbocycles. The summed E-state index contributed by atoms with van der Waals surface area (Å²) in [5, 5.41) is 0. The van der Waals surface area contributed by atoms with Crippen molar-refractivity contribution < 1.29 is 0 Å². The number of allylic oxidation sites excluding steroid dienone is 1. The van der Waals surface area contributed by atoms with Gasteiger partial charge in [-0.1, -0.05) is 6.58 Å². The monoisotopic (exact) mass is 265 g/mol. The lowest BCUT2D eigenvalue weighted by molar-refractivity contribution is 0.0850. The highest BCUT2D eigenvalue weighted by Crippen LogP contribution is 2.21. The molecule has 0 aromatic rings. The minimum absolute atomic E-state index is 0.709. The van der Waals surface area contributed by atoms with E-state index in [-0.39, 0.29) is 0 Å². The number of nitrogens with zero attached hydrogens (tertiary/aromatic N) is 3. The highest BCUT2D eigenvalue weighted by molar-refractivity contribution is 4.91. The van der Waals surface area contributed by atoms with E-state index in [2.05, 4.69) is 42.0 Å². The van der Waals surface area contributed by atoms with Crippen LogP contribution in [0.25, 0.3) is 0 Å². The van der Waals surface area contributed by atoms with Crippen LogP contribution in [-0.4, -0.2) is 66.6 Å². The second-order valence-electron chi connectivity index (χ2n) is 6.60. The molecular formula is C16H31N3. The van der Waals surface area contributed by atoms with Crippen LogP contribution in [0.4, 0.5) is 0 Å². The van der Waals surface area contributed by atoms with Crippen molar-refractivity contribution in [3.63, 3.8) is 0 Å². The van der Waals surface area contributed by atoms with Gasteiger partial charge in [0.25, 0.3) is 0 Å². The van der Waals surface area contributed by atoms with Crippen molar-refractivity contribution in [2.24, 2.45) is 5.92 Å². The standard InChI is InChI=1S/C16H31N3/c1-14(2)18-7-5-16(6-8-18)13-17-9-11-19(12-10-17)15(3)4/h15-16H,1,5-13H2,2-4H3. The largest absolute Gasteiger partial charge is 0.376 e. The summed E-state index contributed by atoms with van der Waals surface area (Å²) in [7, 11) is 0. The number of hydrogen-bond donors (Lipinski definition) is 0. The number of likely N-dealkylation sites (tertiary alicyclic amines) is 1. The van der Waals surface area contributed by atoms with Crippen molar-refractivity contribution in [3.05, 3.63) is 12.3 Å². The Labute approximate surface area is 119 Å². The van der Waals surface area contributed by atoms with Crippen LogP contribution >= 0.6 is 0 Å². The van der Waals surface area contributed by atoms with Gasteiger partial charge in [-0.25, -0.2) is 0 Å². The highest BCUT2D eigenvalue weighted by atomic mass is 15.3. The molecule has 0 aromatic heterocycles. The minimum atomic E-state index is 0.709. The first kappa shape index (κ1) is 14.9. The molecule has 0 atom stereocenters. The van der Waals surface area contributed by atoms with Crippen molar-refractivity contribution in [1.82, 2.24) is 14.7 Å². The molecule has 110 valence electrons. The molecule has 0 unspecified atom stereocenters. The summed E-state index contributed by atoms with van der Waals surface area (Å²) in [6, 6.07) is 0.709. The molecule has 2 saturated heterocycles. The van der Waals surface area contributed by atoms with Crippen LogP contribution in [-0.2, 0) is 0 Å². The Hall–Kier alpha value is -0.540. The van der Waals surface area contributed by atoms with E-state index in [4.69, 9.17) is 0 Å². The Morgan fingerprint density at radius 1 is 1.05 bits per heavy atom. The lowest BCUT2D eigenvalue weighted by atomic mass is 9.95. The summed E-state index contributed by atoms with van der Waals surface area (Å²) in [6.45, 7) is 19.6. The van der Waals surface area contributed by atoms with Gasteiger partial charge in [0.1, 0.15) is 0 Å². The second-order valence-corrected chi connectivity index (χ2v) is 6.60. The van der Waals surface area contributed by atoms with E-state index in [1.54, 1.807) is 0 Å². The van der Waals surface area contributed by atoms with Gasteiger partial charge in [0, 0.05) is 57.6 Å². The molecule has 3 heteroatoms. The van der Waals surface area contributed by atoms with Gasteiger partial charge in [-0.2, -0.15) is 0 Å². The van der Waals surface area contributed by atoms with Crippen LogP contribution < -0.4 is 0 Å². The van der Waals surface area contributed by atoms with Crippen molar-refractivity contribution in [3.8, 4) is 0 Å². The molecule has 0 radical (unpaired) electrons. The molecule has 2 aliphatic heterocycles. The van der Waals surface area contributed by atoms with E-state index in [0.29, 0.717) is 6.04 Å². The maximum atomic E-state index is 4.05. The topological polar surface area (TPSA) is 9.72 Å². The zero-order chi connectivity index (χ0) is 13.8. The fraction of sp³-hybridized carbons (Fsp3) is 0.875. The first-order chi connectivity index (χ1) is 9.06. The van der Waals surface area contributed by atoms with Crippen LogP contribution in [0.15, 0.2) is 12.3 Å². The summed E-state index contributed by atoms with van der Waals surface area (Å²) in [5.41, 5.74) is 1.24. The smallest absolute Gasteiger partial charge is 0.0177 e. The molecule has 2 fully saturated rings. The predicted octanol–water partition coefficient (Wildman–Crippen LogP) is 2.26. The Balaban J connectivity index is 1.68. The number of hydrogen-bond acceptors (Lipinski definition) is 3. The van der Waals surface area contributed by atoms with Gasteiger partial charge < -0.3 is 9.80 Å². The number of rotatable bonds is 4. The molecule has 0 N–H and O–H groups in total. The summed E-state index contributed by atoms with van der Waals surface area (Å²) >= 11 is 0. The van der Waals surface area contributed by atoms with E-state index in [0.717, 1.165) is 5.92 Å². The third-order valence-electron chi connectivity index (χ3n) is 4.81. The first-order valence-electron chi connectivity index (χ1n) is 7.93.